The predicted octanol–water partition coefficient (Wildman–Crippen LogP) is 2.72. The molecular weight excluding hydrogens is 212 g/mol. The van der Waals surface area contributed by atoms with Gasteiger partial charge in [-0.1, -0.05) is 36.3 Å². The number of fused-ring (bicyclic) bond motifs is 3. The van der Waals surface area contributed by atoms with Gasteiger partial charge in [-0.25, -0.2) is 0 Å². The summed E-state index contributed by atoms with van der Waals surface area (Å²) in [6.07, 6.45) is 1.02. The van der Waals surface area contributed by atoms with Crippen LogP contribution in [0.2, 0.25) is 0 Å². The van der Waals surface area contributed by atoms with Gasteiger partial charge in [-0.2, -0.15) is 0 Å². The molecule has 1 aliphatic rings. The summed E-state index contributed by atoms with van der Waals surface area (Å²) in [5.74, 6) is 1.50. The highest BCUT2D eigenvalue weighted by atomic mass is 16.5. The van der Waals surface area contributed by atoms with Crippen LogP contribution in [0.1, 0.15) is 29.7 Å². The molecular formula is C14H16N2O. The van der Waals surface area contributed by atoms with Crippen LogP contribution < -0.4 is 5.32 Å². The molecule has 0 saturated heterocycles. The molecule has 0 bridgehead atoms. The quantitative estimate of drug-likeness (QED) is 0.858. The summed E-state index contributed by atoms with van der Waals surface area (Å²) in [7, 11) is 1.93. The van der Waals surface area contributed by atoms with E-state index in [0.717, 1.165) is 24.4 Å². The zero-order chi connectivity index (χ0) is 11.8. The Morgan fingerprint density at radius 1 is 1.41 bits per heavy atom. The molecule has 17 heavy (non-hydrogen) atoms. The van der Waals surface area contributed by atoms with Gasteiger partial charge in [0.2, 0.25) is 0 Å². The first-order valence-corrected chi connectivity index (χ1v) is 6.02. The van der Waals surface area contributed by atoms with Crippen LogP contribution in [0, 0.1) is 0 Å². The number of rotatable bonds is 2. The van der Waals surface area contributed by atoms with Gasteiger partial charge in [0.25, 0.3) is 0 Å². The molecule has 1 aromatic heterocycles. The maximum Gasteiger partial charge on any atom is 0.170 e. The van der Waals surface area contributed by atoms with E-state index >= 15 is 0 Å². The molecule has 1 heterocycles. The monoisotopic (exact) mass is 228 g/mol. The molecule has 3 nitrogen and oxygen atoms in total. The van der Waals surface area contributed by atoms with Crippen molar-refractivity contribution in [2.24, 2.45) is 0 Å². The number of benzene rings is 1. The van der Waals surface area contributed by atoms with Gasteiger partial charge in [0.15, 0.2) is 5.76 Å². The first-order chi connectivity index (χ1) is 8.31. The predicted molar refractivity (Wildman–Crippen MR) is 66.8 cm³/mol. The van der Waals surface area contributed by atoms with Crippen molar-refractivity contribution in [1.29, 1.82) is 0 Å². The van der Waals surface area contributed by atoms with E-state index < -0.39 is 0 Å². The van der Waals surface area contributed by atoms with Crippen molar-refractivity contribution < 1.29 is 4.52 Å². The Kier molecular flexibility index (Phi) is 2.48. The Balaban J connectivity index is 2.15. The molecule has 0 fully saturated rings. The van der Waals surface area contributed by atoms with Crippen LogP contribution >= 0.6 is 0 Å². The Hall–Kier alpha value is -1.61. The van der Waals surface area contributed by atoms with Gasteiger partial charge < -0.3 is 9.84 Å². The van der Waals surface area contributed by atoms with Crippen LogP contribution in [0.25, 0.3) is 11.3 Å². The normalized spacial score (nSPS) is 17.6. The molecule has 0 radical (unpaired) electrons. The van der Waals surface area contributed by atoms with Gasteiger partial charge in [0, 0.05) is 17.7 Å². The zero-order valence-electron chi connectivity index (χ0n) is 10.2. The third kappa shape index (κ3) is 1.58. The summed E-state index contributed by atoms with van der Waals surface area (Å²) in [4.78, 5) is 0. The molecule has 1 N–H and O–H groups in total. The van der Waals surface area contributed by atoms with Crippen molar-refractivity contribution in [2.45, 2.75) is 25.8 Å². The summed E-state index contributed by atoms with van der Waals surface area (Å²) in [6.45, 7) is 3.03. The van der Waals surface area contributed by atoms with E-state index in [1.165, 1.54) is 16.7 Å². The van der Waals surface area contributed by atoms with E-state index in [-0.39, 0.29) is 0 Å². The Labute approximate surface area is 101 Å². The maximum absolute atomic E-state index is 5.52. The minimum Gasteiger partial charge on any atom is -0.356 e. The van der Waals surface area contributed by atoms with Gasteiger partial charge in [-0.05, 0) is 24.9 Å². The number of hydrogen-bond donors (Lipinski definition) is 1. The molecule has 0 saturated carbocycles. The second-order valence-corrected chi connectivity index (χ2v) is 4.66. The van der Waals surface area contributed by atoms with Gasteiger partial charge in [0.05, 0.1) is 0 Å². The summed E-state index contributed by atoms with van der Waals surface area (Å²) in [5.41, 5.74) is 4.89. The lowest BCUT2D eigenvalue weighted by Gasteiger charge is -2.21. The van der Waals surface area contributed by atoms with E-state index in [9.17, 15) is 0 Å². The molecule has 0 aliphatic heterocycles. The first-order valence-electron chi connectivity index (χ1n) is 6.02. The average molecular weight is 228 g/mol. The van der Waals surface area contributed by atoms with Crippen molar-refractivity contribution in [1.82, 2.24) is 10.5 Å². The minimum atomic E-state index is 0.536. The Morgan fingerprint density at radius 2 is 2.24 bits per heavy atom. The van der Waals surface area contributed by atoms with Crippen LogP contribution in [0.4, 0.5) is 0 Å². The summed E-state index contributed by atoms with van der Waals surface area (Å²) in [6, 6.07) is 8.45. The molecule has 0 amide bonds. The topological polar surface area (TPSA) is 38.1 Å². The fourth-order valence-electron chi connectivity index (χ4n) is 2.62. The molecule has 1 aliphatic carbocycles. The molecule has 3 heteroatoms. The first kappa shape index (κ1) is 10.5. The SMILES string of the molecule is CNCc1noc2c1CC(C)c1ccccc1-2. The number of aromatic nitrogens is 1. The van der Waals surface area contributed by atoms with Gasteiger partial charge >= 0.3 is 0 Å². The molecule has 2 aromatic rings. The zero-order valence-corrected chi connectivity index (χ0v) is 10.2. The van der Waals surface area contributed by atoms with Crippen molar-refractivity contribution >= 4 is 0 Å². The number of nitrogens with one attached hydrogen (secondary N) is 1. The molecule has 3 rings (SSSR count). The highest BCUT2D eigenvalue weighted by Gasteiger charge is 2.27. The highest BCUT2D eigenvalue weighted by molar-refractivity contribution is 5.69. The van der Waals surface area contributed by atoms with Gasteiger partial charge in [0.1, 0.15) is 5.69 Å². The molecule has 1 unspecified atom stereocenters. The second kappa shape index (κ2) is 4.00. The fourth-order valence-corrected chi connectivity index (χ4v) is 2.62. The van der Waals surface area contributed by atoms with Crippen molar-refractivity contribution in [3.8, 4) is 11.3 Å². The maximum atomic E-state index is 5.52. The molecule has 1 aromatic carbocycles. The third-order valence-corrected chi connectivity index (χ3v) is 3.46. The fraction of sp³-hybridized carbons (Fsp3) is 0.357. The summed E-state index contributed by atoms with van der Waals surface area (Å²) in [5, 5.41) is 7.32. The summed E-state index contributed by atoms with van der Waals surface area (Å²) >= 11 is 0. The standard InChI is InChI=1S/C14H16N2O/c1-9-7-12-13(8-15-2)16-17-14(12)11-6-4-3-5-10(9)11/h3-6,9,15H,7-8H2,1-2H3. The Bertz CT molecular complexity index is 545. The lowest BCUT2D eigenvalue weighted by Crippen LogP contribution is -2.12. The van der Waals surface area contributed by atoms with E-state index in [2.05, 4.69) is 41.7 Å². The smallest absolute Gasteiger partial charge is 0.170 e. The van der Waals surface area contributed by atoms with E-state index in [4.69, 9.17) is 4.52 Å². The number of hydrogen-bond acceptors (Lipinski definition) is 3. The number of nitrogens with zero attached hydrogens (tertiary/aromatic N) is 1. The van der Waals surface area contributed by atoms with E-state index in [1.807, 2.05) is 7.05 Å². The van der Waals surface area contributed by atoms with Crippen LogP contribution in [0.5, 0.6) is 0 Å². The van der Waals surface area contributed by atoms with Gasteiger partial charge in [-0.3, -0.25) is 0 Å². The third-order valence-electron chi connectivity index (χ3n) is 3.46. The van der Waals surface area contributed by atoms with Crippen molar-refractivity contribution in [2.75, 3.05) is 7.05 Å². The highest BCUT2D eigenvalue weighted by Crippen LogP contribution is 2.40. The average Bonchev–Trinajstić information content (AvgIpc) is 2.74. The van der Waals surface area contributed by atoms with Crippen LogP contribution in [-0.2, 0) is 13.0 Å². The van der Waals surface area contributed by atoms with E-state index in [1.54, 1.807) is 0 Å². The van der Waals surface area contributed by atoms with Crippen LogP contribution in [-0.4, -0.2) is 12.2 Å². The van der Waals surface area contributed by atoms with Crippen LogP contribution in [0.15, 0.2) is 28.8 Å². The van der Waals surface area contributed by atoms with Crippen molar-refractivity contribution in [3.63, 3.8) is 0 Å². The molecule has 1 atom stereocenters. The van der Waals surface area contributed by atoms with Crippen LogP contribution in [0.3, 0.4) is 0 Å². The van der Waals surface area contributed by atoms with Crippen molar-refractivity contribution in [3.05, 3.63) is 41.1 Å². The molecule has 0 spiro atoms. The van der Waals surface area contributed by atoms with E-state index in [0.29, 0.717) is 5.92 Å². The Morgan fingerprint density at radius 3 is 3.06 bits per heavy atom. The molecule has 88 valence electrons. The largest absolute Gasteiger partial charge is 0.356 e. The minimum absolute atomic E-state index is 0.536. The lowest BCUT2D eigenvalue weighted by atomic mass is 9.82. The second-order valence-electron chi connectivity index (χ2n) is 4.66. The van der Waals surface area contributed by atoms with Gasteiger partial charge in [-0.15, -0.1) is 0 Å². The summed E-state index contributed by atoms with van der Waals surface area (Å²) < 4.78 is 5.52. The lowest BCUT2D eigenvalue weighted by molar-refractivity contribution is 0.420.